The number of benzene rings is 2. The molecule has 0 saturated carbocycles. The topological polar surface area (TPSA) is 88.6 Å². The highest BCUT2D eigenvalue weighted by molar-refractivity contribution is 7.89. The molecule has 1 aromatic heterocycles. The second kappa shape index (κ2) is 10.4. The van der Waals surface area contributed by atoms with Gasteiger partial charge in [-0.25, -0.2) is 8.42 Å². The van der Waals surface area contributed by atoms with Crippen molar-refractivity contribution in [3.8, 4) is 5.75 Å². The number of methoxy groups -OCH3 is 1. The maximum atomic E-state index is 13.2. The van der Waals surface area contributed by atoms with E-state index in [4.69, 9.17) is 4.74 Å². The van der Waals surface area contributed by atoms with Gasteiger partial charge in [0, 0.05) is 24.6 Å². The number of pyridine rings is 1. The summed E-state index contributed by atoms with van der Waals surface area (Å²) in [5.74, 6) is 0.616. The summed E-state index contributed by atoms with van der Waals surface area (Å²) in [6.45, 7) is 3.87. The predicted octanol–water partition coefficient (Wildman–Crippen LogP) is 4.04. The number of anilines is 1. The summed E-state index contributed by atoms with van der Waals surface area (Å²) in [4.78, 5) is 16.7. The third-order valence-corrected chi connectivity index (χ3v) is 6.75. The summed E-state index contributed by atoms with van der Waals surface area (Å²) in [6, 6.07) is 17.6. The molecule has 0 saturated heterocycles. The highest BCUT2D eigenvalue weighted by Gasteiger charge is 2.27. The van der Waals surface area contributed by atoms with E-state index in [1.165, 1.54) is 18.5 Å². The molecule has 2 aromatic carbocycles. The minimum atomic E-state index is -3.94. The fourth-order valence-electron chi connectivity index (χ4n) is 3.12. The Balaban J connectivity index is 1.81. The number of hydrogen-bond donors (Lipinski definition) is 1. The first kappa shape index (κ1) is 23.4. The quantitative estimate of drug-likeness (QED) is 0.528. The van der Waals surface area contributed by atoms with E-state index in [2.05, 4.69) is 24.1 Å². The average molecular weight is 454 g/mol. The zero-order valence-electron chi connectivity index (χ0n) is 18.4. The standard InChI is InChI=1S/C24H27N3O4S/c1-18(2)20-8-10-21(11-9-20)26-24(28)17-27(16-19-6-12-22(31-3)13-7-19)32(29,30)23-5-4-14-25-15-23/h4-15,18H,16-17H2,1-3H3,(H,26,28). The fourth-order valence-corrected chi connectivity index (χ4v) is 4.47. The van der Waals surface area contributed by atoms with E-state index in [0.29, 0.717) is 17.4 Å². The van der Waals surface area contributed by atoms with Crippen molar-refractivity contribution in [2.24, 2.45) is 0 Å². The van der Waals surface area contributed by atoms with Gasteiger partial charge in [-0.2, -0.15) is 4.31 Å². The molecule has 0 spiro atoms. The molecule has 32 heavy (non-hydrogen) atoms. The Morgan fingerprint density at radius 3 is 2.31 bits per heavy atom. The lowest BCUT2D eigenvalue weighted by molar-refractivity contribution is -0.116. The van der Waals surface area contributed by atoms with Crippen molar-refractivity contribution in [1.82, 2.24) is 9.29 Å². The van der Waals surface area contributed by atoms with Crippen LogP contribution in [0.5, 0.6) is 5.75 Å². The van der Waals surface area contributed by atoms with Crippen LogP contribution in [0.4, 0.5) is 5.69 Å². The number of nitrogens with one attached hydrogen (secondary N) is 1. The summed E-state index contributed by atoms with van der Waals surface area (Å²) in [6.07, 6.45) is 2.78. The van der Waals surface area contributed by atoms with Gasteiger partial charge in [0.2, 0.25) is 15.9 Å². The molecule has 168 valence electrons. The number of sulfonamides is 1. The summed E-state index contributed by atoms with van der Waals surface area (Å²) >= 11 is 0. The SMILES string of the molecule is COc1ccc(CN(CC(=O)Nc2ccc(C(C)C)cc2)S(=O)(=O)c2cccnc2)cc1. The fraction of sp³-hybridized carbons (Fsp3) is 0.250. The summed E-state index contributed by atoms with van der Waals surface area (Å²) in [5, 5.41) is 2.79. The minimum Gasteiger partial charge on any atom is -0.497 e. The zero-order valence-corrected chi connectivity index (χ0v) is 19.2. The Bertz CT molecular complexity index is 1130. The van der Waals surface area contributed by atoms with Gasteiger partial charge in [0.1, 0.15) is 10.6 Å². The second-order valence-electron chi connectivity index (χ2n) is 7.63. The first-order valence-electron chi connectivity index (χ1n) is 10.2. The van der Waals surface area contributed by atoms with Crippen LogP contribution in [-0.2, 0) is 21.4 Å². The van der Waals surface area contributed by atoms with Crippen molar-refractivity contribution in [2.45, 2.75) is 31.2 Å². The molecule has 0 radical (unpaired) electrons. The maximum absolute atomic E-state index is 13.2. The van der Waals surface area contributed by atoms with Crippen LogP contribution in [0, 0.1) is 0 Å². The molecule has 0 aliphatic carbocycles. The van der Waals surface area contributed by atoms with E-state index in [9.17, 15) is 13.2 Å². The highest BCUT2D eigenvalue weighted by atomic mass is 32.2. The molecule has 0 fully saturated rings. The lowest BCUT2D eigenvalue weighted by atomic mass is 10.0. The lowest BCUT2D eigenvalue weighted by Crippen LogP contribution is -2.37. The van der Waals surface area contributed by atoms with Crippen molar-refractivity contribution in [1.29, 1.82) is 0 Å². The van der Waals surface area contributed by atoms with Gasteiger partial charge in [-0.15, -0.1) is 0 Å². The molecule has 3 aromatic rings. The Hall–Kier alpha value is -3.23. The first-order valence-corrected chi connectivity index (χ1v) is 11.7. The molecule has 3 rings (SSSR count). The van der Waals surface area contributed by atoms with E-state index in [0.717, 1.165) is 15.4 Å². The molecular weight excluding hydrogens is 426 g/mol. The van der Waals surface area contributed by atoms with E-state index >= 15 is 0 Å². The number of rotatable bonds is 9. The van der Waals surface area contributed by atoms with Crippen LogP contribution in [-0.4, -0.2) is 37.3 Å². The normalized spacial score (nSPS) is 11.5. The van der Waals surface area contributed by atoms with Gasteiger partial charge >= 0.3 is 0 Å². The minimum absolute atomic E-state index is 0.0287. The smallest absolute Gasteiger partial charge is 0.245 e. The monoisotopic (exact) mass is 453 g/mol. The molecule has 1 N–H and O–H groups in total. The summed E-state index contributed by atoms with van der Waals surface area (Å²) in [7, 11) is -2.38. The molecule has 0 aliphatic heterocycles. The van der Waals surface area contributed by atoms with Gasteiger partial charge < -0.3 is 10.1 Å². The Morgan fingerprint density at radius 1 is 1.06 bits per heavy atom. The van der Waals surface area contributed by atoms with Crippen LogP contribution >= 0.6 is 0 Å². The largest absolute Gasteiger partial charge is 0.497 e. The number of ether oxygens (including phenoxy) is 1. The molecule has 8 heteroatoms. The number of amides is 1. The molecule has 0 bridgehead atoms. The Labute approximate surface area is 189 Å². The van der Waals surface area contributed by atoms with Crippen LogP contribution in [0.15, 0.2) is 78.0 Å². The second-order valence-corrected chi connectivity index (χ2v) is 9.57. The summed E-state index contributed by atoms with van der Waals surface area (Å²) in [5.41, 5.74) is 2.50. The maximum Gasteiger partial charge on any atom is 0.245 e. The van der Waals surface area contributed by atoms with E-state index in [1.54, 1.807) is 37.4 Å². The third-order valence-electron chi connectivity index (χ3n) is 4.97. The third kappa shape index (κ3) is 5.93. The summed E-state index contributed by atoms with van der Waals surface area (Å²) < 4.78 is 32.8. The zero-order chi connectivity index (χ0) is 23.1. The number of nitrogens with zero attached hydrogens (tertiary/aromatic N) is 2. The van der Waals surface area contributed by atoms with Crippen LogP contribution < -0.4 is 10.1 Å². The van der Waals surface area contributed by atoms with Gasteiger partial charge in [0.05, 0.1) is 13.7 Å². The predicted molar refractivity (Wildman–Crippen MR) is 124 cm³/mol. The van der Waals surface area contributed by atoms with Crippen LogP contribution in [0.2, 0.25) is 0 Å². The van der Waals surface area contributed by atoms with Crippen LogP contribution in [0.25, 0.3) is 0 Å². The molecule has 0 aliphatic rings. The van der Waals surface area contributed by atoms with E-state index in [1.807, 2.05) is 24.3 Å². The Kier molecular flexibility index (Phi) is 7.61. The number of hydrogen-bond acceptors (Lipinski definition) is 5. The van der Waals surface area contributed by atoms with Gasteiger partial charge in [0.25, 0.3) is 0 Å². The van der Waals surface area contributed by atoms with E-state index < -0.39 is 15.9 Å². The van der Waals surface area contributed by atoms with Crippen molar-refractivity contribution >= 4 is 21.6 Å². The molecule has 7 nitrogen and oxygen atoms in total. The van der Waals surface area contributed by atoms with Crippen molar-refractivity contribution in [3.05, 3.63) is 84.2 Å². The van der Waals surface area contributed by atoms with Crippen molar-refractivity contribution < 1.29 is 17.9 Å². The van der Waals surface area contributed by atoms with Gasteiger partial charge in [-0.05, 0) is 53.4 Å². The van der Waals surface area contributed by atoms with E-state index in [-0.39, 0.29) is 18.0 Å². The molecule has 0 unspecified atom stereocenters. The number of carbonyl (C=O) groups excluding carboxylic acids is 1. The number of carbonyl (C=O) groups is 1. The lowest BCUT2D eigenvalue weighted by Gasteiger charge is -2.22. The van der Waals surface area contributed by atoms with Crippen molar-refractivity contribution in [2.75, 3.05) is 19.0 Å². The highest BCUT2D eigenvalue weighted by Crippen LogP contribution is 2.20. The molecular formula is C24H27N3O4S. The Morgan fingerprint density at radius 2 is 1.75 bits per heavy atom. The van der Waals surface area contributed by atoms with Gasteiger partial charge in [-0.1, -0.05) is 38.1 Å². The van der Waals surface area contributed by atoms with Crippen LogP contribution in [0.3, 0.4) is 0 Å². The number of aromatic nitrogens is 1. The molecule has 1 heterocycles. The average Bonchev–Trinajstić information content (AvgIpc) is 2.80. The van der Waals surface area contributed by atoms with Gasteiger partial charge in [0.15, 0.2) is 0 Å². The van der Waals surface area contributed by atoms with Crippen molar-refractivity contribution in [3.63, 3.8) is 0 Å². The molecule has 1 amide bonds. The first-order chi connectivity index (χ1) is 15.3. The van der Waals surface area contributed by atoms with Gasteiger partial charge in [-0.3, -0.25) is 9.78 Å². The van der Waals surface area contributed by atoms with Crippen LogP contribution in [0.1, 0.15) is 30.9 Å². The molecule has 0 atom stereocenters.